The predicted molar refractivity (Wildman–Crippen MR) is 112 cm³/mol. The number of nitrogens with one attached hydrogen (secondary N) is 1. The van der Waals surface area contributed by atoms with Crippen LogP contribution in [0.1, 0.15) is 6.42 Å². The molecule has 2 fully saturated rings. The summed E-state index contributed by atoms with van der Waals surface area (Å²) in [4.78, 5) is 16.9. The molecule has 2 aliphatic heterocycles. The van der Waals surface area contributed by atoms with Gasteiger partial charge in [0.05, 0.1) is 18.8 Å². The third kappa shape index (κ3) is 4.78. The summed E-state index contributed by atoms with van der Waals surface area (Å²) < 4.78 is 34.8. The van der Waals surface area contributed by atoms with Gasteiger partial charge in [-0.25, -0.2) is 13.6 Å². The molecule has 1 N–H and O–H groups in total. The Labute approximate surface area is 173 Å². The number of thiocarbonyl (C=S) groups is 1. The maximum absolute atomic E-state index is 14.7. The lowest BCUT2D eigenvalue weighted by Gasteiger charge is -2.24. The zero-order chi connectivity index (χ0) is 20.3. The number of ether oxygens (including phenoxy) is 1. The zero-order valence-corrected chi connectivity index (χ0v) is 17.5. The molecule has 6 nitrogen and oxygen atoms in total. The van der Waals surface area contributed by atoms with Crippen LogP contribution in [0.25, 0.3) is 0 Å². The van der Waals surface area contributed by atoms with E-state index in [0.717, 1.165) is 17.9 Å². The van der Waals surface area contributed by atoms with Crippen LogP contribution in [0.2, 0.25) is 0 Å². The Morgan fingerprint density at radius 1 is 1.32 bits per heavy atom. The fourth-order valence-corrected chi connectivity index (χ4v) is 4.15. The van der Waals surface area contributed by atoms with Crippen molar-refractivity contribution in [2.75, 3.05) is 61.6 Å². The summed E-state index contributed by atoms with van der Waals surface area (Å²) in [6, 6.07) is 2.41. The Balaban J connectivity index is 1.71. The van der Waals surface area contributed by atoms with Gasteiger partial charge in [-0.1, -0.05) is 0 Å². The van der Waals surface area contributed by atoms with Gasteiger partial charge < -0.3 is 19.9 Å². The number of thioether (sulfide) groups is 1. The van der Waals surface area contributed by atoms with Crippen molar-refractivity contribution in [1.29, 1.82) is 0 Å². The SMILES string of the molecule is CN(C)C(=S)NC[C@H]1CN(c2cc(F)c(N3CCCSCC3)c(F)c2)C(=O)O1. The van der Waals surface area contributed by atoms with E-state index in [1.807, 2.05) is 0 Å². The summed E-state index contributed by atoms with van der Waals surface area (Å²) in [7, 11) is 3.61. The Morgan fingerprint density at radius 2 is 2.04 bits per heavy atom. The maximum atomic E-state index is 14.7. The Hall–Kier alpha value is -1.81. The number of hydrogen-bond donors (Lipinski definition) is 1. The Kier molecular flexibility index (Phi) is 6.82. The van der Waals surface area contributed by atoms with Gasteiger partial charge in [-0.15, -0.1) is 0 Å². The summed E-state index contributed by atoms with van der Waals surface area (Å²) in [5.41, 5.74) is 0.138. The molecule has 1 aromatic rings. The fourth-order valence-electron chi connectivity index (χ4n) is 3.18. The third-order valence-corrected chi connectivity index (χ3v) is 6.17. The van der Waals surface area contributed by atoms with Gasteiger partial charge in [0, 0.05) is 45.1 Å². The summed E-state index contributed by atoms with van der Waals surface area (Å²) in [6.07, 6.45) is -0.202. The number of amides is 1. The molecule has 0 aliphatic carbocycles. The van der Waals surface area contributed by atoms with Crippen molar-refractivity contribution in [3.63, 3.8) is 0 Å². The molecule has 0 spiro atoms. The third-order valence-electron chi connectivity index (χ3n) is 4.61. The van der Waals surface area contributed by atoms with E-state index in [-0.39, 0.29) is 17.9 Å². The van der Waals surface area contributed by atoms with Crippen LogP contribution < -0.4 is 15.1 Å². The standard InChI is InChI=1S/C18H24F2N4O2S2/c1-22(2)17(27)21-10-13-11-24(18(25)26-13)12-8-14(19)16(15(20)9-12)23-4-3-6-28-7-5-23/h8-9,13H,3-7,10-11H2,1-2H3,(H,21,27)/t13-/m0/s1. The van der Waals surface area contributed by atoms with Gasteiger partial charge in [-0.2, -0.15) is 11.8 Å². The summed E-state index contributed by atoms with van der Waals surface area (Å²) in [6.45, 7) is 1.74. The van der Waals surface area contributed by atoms with E-state index in [9.17, 15) is 13.6 Å². The molecule has 0 saturated carbocycles. The van der Waals surface area contributed by atoms with Crippen molar-refractivity contribution in [3.8, 4) is 0 Å². The molecule has 2 saturated heterocycles. The number of carbonyl (C=O) groups excluding carboxylic acids is 1. The van der Waals surface area contributed by atoms with Crippen molar-refractivity contribution in [3.05, 3.63) is 23.8 Å². The molecule has 2 heterocycles. The molecule has 1 amide bonds. The number of hydrogen-bond acceptors (Lipinski definition) is 5. The lowest BCUT2D eigenvalue weighted by molar-refractivity contribution is 0.142. The predicted octanol–water partition coefficient (Wildman–Crippen LogP) is 2.67. The number of halogens is 2. The molecule has 154 valence electrons. The average Bonchev–Trinajstić information content (AvgIpc) is 2.83. The van der Waals surface area contributed by atoms with E-state index in [1.165, 1.54) is 17.0 Å². The molecule has 0 radical (unpaired) electrons. The summed E-state index contributed by atoms with van der Waals surface area (Å²) >= 11 is 6.92. The van der Waals surface area contributed by atoms with Crippen molar-refractivity contribution in [2.24, 2.45) is 0 Å². The maximum Gasteiger partial charge on any atom is 0.414 e. The summed E-state index contributed by atoms with van der Waals surface area (Å²) in [5, 5.41) is 3.51. The van der Waals surface area contributed by atoms with Crippen molar-refractivity contribution in [1.82, 2.24) is 10.2 Å². The number of anilines is 2. The molecule has 0 unspecified atom stereocenters. The monoisotopic (exact) mass is 430 g/mol. The minimum Gasteiger partial charge on any atom is -0.442 e. The number of cyclic esters (lactones) is 1. The van der Waals surface area contributed by atoms with Crippen LogP contribution in [0, 0.1) is 11.6 Å². The molecule has 1 aromatic carbocycles. The normalized spacial score (nSPS) is 20.0. The minimum atomic E-state index is -0.662. The highest BCUT2D eigenvalue weighted by Gasteiger charge is 2.33. The van der Waals surface area contributed by atoms with Gasteiger partial charge in [0.25, 0.3) is 0 Å². The summed E-state index contributed by atoms with van der Waals surface area (Å²) in [5.74, 6) is 0.502. The lowest BCUT2D eigenvalue weighted by Crippen LogP contribution is -2.40. The fraction of sp³-hybridized carbons (Fsp3) is 0.556. The Morgan fingerprint density at radius 3 is 2.71 bits per heavy atom. The van der Waals surface area contributed by atoms with E-state index in [1.54, 1.807) is 35.7 Å². The molecular formula is C18H24F2N4O2S2. The zero-order valence-electron chi connectivity index (χ0n) is 15.9. The molecule has 2 aliphatic rings. The van der Waals surface area contributed by atoms with Crippen LogP contribution in [0.3, 0.4) is 0 Å². The molecule has 0 aromatic heterocycles. The van der Waals surface area contributed by atoms with E-state index < -0.39 is 23.8 Å². The van der Waals surface area contributed by atoms with Gasteiger partial charge in [0.2, 0.25) is 0 Å². The highest BCUT2D eigenvalue weighted by Crippen LogP contribution is 2.32. The van der Waals surface area contributed by atoms with Gasteiger partial charge in [-0.05, 0) is 24.4 Å². The van der Waals surface area contributed by atoms with Gasteiger partial charge >= 0.3 is 6.09 Å². The van der Waals surface area contributed by atoms with Crippen LogP contribution in [-0.2, 0) is 4.74 Å². The topological polar surface area (TPSA) is 48.0 Å². The second-order valence-corrected chi connectivity index (χ2v) is 8.52. The van der Waals surface area contributed by atoms with E-state index >= 15 is 0 Å². The van der Waals surface area contributed by atoms with Crippen LogP contribution >= 0.6 is 24.0 Å². The molecular weight excluding hydrogens is 406 g/mol. The van der Waals surface area contributed by atoms with Crippen molar-refractivity contribution < 1.29 is 18.3 Å². The smallest absolute Gasteiger partial charge is 0.414 e. The first-order valence-electron chi connectivity index (χ1n) is 9.12. The first-order chi connectivity index (χ1) is 13.4. The highest BCUT2D eigenvalue weighted by molar-refractivity contribution is 7.99. The van der Waals surface area contributed by atoms with Gasteiger partial charge in [-0.3, -0.25) is 4.90 Å². The van der Waals surface area contributed by atoms with Crippen molar-refractivity contribution in [2.45, 2.75) is 12.5 Å². The average molecular weight is 431 g/mol. The van der Waals surface area contributed by atoms with Crippen LogP contribution in [0.4, 0.5) is 25.0 Å². The first-order valence-corrected chi connectivity index (χ1v) is 10.7. The lowest BCUT2D eigenvalue weighted by atomic mass is 10.2. The largest absolute Gasteiger partial charge is 0.442 e. The second kappa shape index (κ2) is 9.13. The number of rotatable bonds is 4. The minimum absolute atomic E-state index is 0.0200. The van der Waals surface area contributed by atoms with Crippen molar-refractivity contribution >= 4 is 46.6 Å². The second-order valence-electron chi connectivity index (χ2n) is 6.91. The number of carbonyl (C=O) groups is 1. The number of benzene rings is 1. The molecule has 28 heavy (non-hydrogen) atoms. The molecule has 1 atom stereocenters. The quantitative estimate of drug-likeness (QED) is 0.737. The van der Waals surface area contributed by atoms with E-state index in [2.05, 4.69) is 5.32 Å². The van der Waals surface area contributed by atoms with E-state index in [4.69, 9.17) is 17.0 Å². The molecule has 0 bridgehead atoms. The van der Waals surface area contributed by atoms with Crippen LogP contribution in [0.15, 0.2) is 12.1 Å². The van der Waals surface area contributed by atoms with Gasteiger partial charge in [0.1, 0.15) is 11.8 Å². The first kappa shape index (κ1) is 20.9. The van der Waals surface area contributed by atoms with E-state index in [0.29, 0.717) is 24.7 Å². The molecule has 10 heteroatoms. The van der Waals surface area contributed by atoms with Crippen LogP contribution in [0.5, 0.6) is 0 Å². The number of nitrogens with zero attached hydrogens (tertiary/aromatic N) is 3. The van der Waals surface area contributed by atoms with Crippen LogP contribution in [-0.4, -0.2) is 74.0 Å². The highest BCUT2D eigenvalue weighted by atomic mass is 32.2. The molecule has 3 rings (SSSR count). The Bertz CT molecular complexity index is 719. The van der Waals surface area contributed by atoms with Gasteiger partial charge in [0.15, 0.2) is 16.7 Å².